The Morgan fingerprint density at radius 1 is 0.278 bits per heavy atom. The molecular weight excluding hydrogens is 653 g/mol. The van der Waals surface area contributed by atoms with Crippen LogP contribution in [0.5, 0.6) is 0 Å². The number of fused-ring (bicyclic) bond motifs is 4. The van der Waals surface area contributed by atoms with Crippen molar-refractivity contribution in [1.82, 2.24) is 9.97 Å². The highest BCUT2D eigenvalue weighted by atomic mass is 14.7. The van der Waals surface area contributed by atoms with Gasteiger partial charge in [0.1, 0.15) is 0 Å². The standard InChI is InChI=1S/C52H34N2/c1-3-13-35(14-4-1)42-33-50(38-16-5-2-6-17-38)54-51(34-42)44-30-41(36-23-25-39(26-24-36)52-46-20-10-7-15-37(46)27-28-53-52)29-43(31-44)49-32-40-18-8-9-19-45(40)47-21-11-12-22-48(47)49/h1-34H. The first-order chi connectivity index (χ1) is 26.7. The molecule has 0 saturated heterocycles. The van der Waals surface area contributed by atoms with Crippen LogP contribution >= 0.6 is 0 Å². The minimum absolute atomic E-state index is 0.931. The second-order valence-electron chi connectivity index (χ2n) is 13.8. The molecule has 0 bridgehead atoms. The fraction of sp³-hybridized carbons (Fsp3) is 0. The molecule has 0 aliphatic rings. The van der Waals surface area contributed by atoms with Crippen molar-refractivity contribution in [2.75, 3.05) is 0 Å². The zero-order valence-electron chi connectivity index (χ0n) is 29.5. The predicted molar refractivity (Wildman–Crippen MR) is 227 cm³/mol. The van der Waals surface area contributed by atoms with Gasteiger partial charge in [-0.25, -0.2) is 4.98 Å². The summed E-state index contributed by atoms with van der Waals surface area (Å²) in [5.41, 5.74) is 13.0. The summed E-state index contributed by atoms with van der Waals surface area (Å²) in [6.45, 7) is 0. The molecule has 0 saturated carbocycles. The van der Waals surface area contributed by atoms with Crippen molar-refractivity contribution in [2.24, 2.45) is 0 Å². The molecule has 10 aromatic rings. The molecule has 8 aromatic carbocycles. The van der Waals surface area contributed by atoms with E-state index in [0.717, 1.165) is 67.0 Å². The van der Waals surface area contributed by atoms with Crippen LogP contribution in [0.4, 0.5) is 0 Å². The Morgan fingerprint density at radius 3 is 1.56 bits per heavy atom. The molecule has 0 unspecified atom stereocenters. The van der Waals surface area contributed by atoms with Gasteiger partial charge in [-0.1, -0.05) is 158 Å². The summed E-state index contributed by atoms with van der Waals surface area (Å²) in [6, 6.07) is 71.6. The van der Waals surface area contributed by atoms with E-state index >= 15 is 0 Å². The van der Waals surface area contributed by atoms with Crippen molar-refractivity contribution >= 4 is 32.3 Å². The Bertz CT molecular complexity index is 2900. The van der Waals surface area contributed by atoms with Crippen molar-refractivity contribution in [1.29, 1.82) is 0 Å². The van der Waals surface area contributed by atoms with Gasteiger partial charge >= 0.3 is 0 Å². The van der Waals surface area contributed by atoms with E-state index in [9.17, 15) is 0 Å². The molecule has 0 fully saturated rings. The maximum absolute atomic E-state index is 5.36. The lowest BCUT2D eigenvalue weighted by atomic mass is 9.89. The monoisotopic (exact) mass is 686 g/mol. The van der Waals surface area contributed by atoms with E-state index in [-0.39, 0.29) is 0 Å². The summed E-state index contributed by atoms with van der Waals surface area (Å²) in [5.74, 6) is 0. The predicted octanol–water partition coefficient (Wildman–Crippen LogP) is 13.9. The maximum atomic E-state index is 5.36. The number of hydrogen-bond acceptors (Lipinski definition) is 2. The minimum atomic E-state index is 0.931. The first-order valence-corrected chi connectivity index (χ1v) is 18.4. The summed E-state index contributed by atoms with van der Waals surface area (Å²) in [7, 11) is 0. The molecule has 2 aromatic heterocycles. The highest BCUT2D eigenvalue weighted by Gasteiger charge is 2.15. The minimum Gasteiger partial charge on any atom is -0.256 e. The van der Waals surface area contributed by atoms with Crippen molar-refractivity contribution in [3.05, 3.63) is 206 Å². The first kappa shape index (κ1) is 31.6. The third kappa shape index (κ3) is 5.81. The van der Waals surface area contributed by atoms with E-state index < -0.39 is 0 Å². The molecular formula is C52H34N2. The van der Waals surface area contributed by atoms with E-state index in [1.54, 1.807) is 0 Å². The van der Waals surface area contributed by atoms with E-state index in [1.165, 1.54) is 32.5 Å². The fourth-order valence-electron chi connectivity index (χ4n) is 7.79. The lowest BCUT2D eigenvalue weighted by Crippen LogP contribution is -1.93. The fourth-order valence-corrected chi connectivity index (χ4v) is 7.79. The molecule has 0 radical (unpaired) electrons. The third-order valence-corrected chi connectivity index (χ3v) is 10.5. The average molecular weight is 687 g/mol. The van der Waals surface area contributed by atoms with E-state index in [1.807, 2.05) is 6.20 Å². The van der Waals surface area contributed by atoms with Crippen LogP contribution in [0, 0.1) is 0 Å². The topological polar surface area (TPSA) is 25.8 Å². The molecule has 0 aliphatic carbocycles. The lowest BCUT2D eigenvalue weighted by Gasteiger charge is -2.16. The van der Waals surface area contributed by atoms with Gasteiger partial charge in [0.2, 0.25) is 0 Å². The van der Waals surface area contributed by atoms with Crippen LogP contribution in [0.3, 0.4) is 0 Å². The van der Waals surface area contributed by atoms with Gasteiger partial charge in [-0.05, 0) is 103 Å². The van der Waals surface area contributed by atoms with E-state index in [0.29, 0.717) is 0 Å². The Labute approximate surface area is 314 Å². The molecule has 2 heterocycles. The summed E-state index contributed by atoms with van der Waals surface area (Å²) < 4.78 is 0. The van der Waals surface area contributed by atoms with Crippen LogP contribution in [0.2, 0.25) is 0 Å². The summed E-state index contributed by atoms with van der Waals surface area (Å²) in [5, 5.41) is 7.30. The molecule has 2 heteroatoms. The van der Waals surface area contributed by atoms with Gasteiger partial charge in [-0.3, -0.25) is 4.98 Å². The van der Waals surface area contributed by atoms with Gasteiger partial charge in [-0.2, -0.15) is 0 Å². The molecule has 252 valence electrons. The second kappa shape index (κ2) is 13.4. The summed E-state index contributed by atoms with van der Waals surface area (Å²) in [4.78, 5) is 10.2. The maximum Gasteiger partial charge on any atom is 0.0780 e. The Hall–Kier alpha value is -7.16. The zero-order chi connectivity index (χ0) is 35.8. The van der Waals surface area contributed by atoms with Gasteiger partial charge in [0.05, 0.1) is 17.1 Å². The SMILES string of the molecule is c1ccc(-c2cc(-c3ccccc3)nc(-c3cc(-c4ccc(-c5nccc6ccccc56)cc4)cc(-c4cc5ccccc5c5ccccc45)c3)c2)cc1. The quantitative estimate of drug-likeness (QED) is 0.163. The number of nitrogens with zero attached hydrogens (tertiary/aromatic N) is 2. The Kier molecular flexibility index (Phi) is 7.85. The first-order valence-electron chi connectivity index (χ1n) is 18.4. The van der Waals surface area contributed by atoms with Crippen LogP contribution in [0.25, 0.3) is 99.5 Å². The number of benzene rings is 8. The van der Waals surface area contributed by atoms with Crippen LogP contribution < -0.4 is 0 Å². The molecule has 2 nitrogen and oxygen atoms in total. The van der Waals surface area contributed by atoms with Gasteiger partial charge in [0.25, 0.3) is 0 Å². The van der Waals surface area contributed by atoms with E-state index in [4.69, 9.17) is 9.97 Å². The molecule has 0 atom stereocenters. The molecule has 0 spiro atoms. The number of rotatable bonds is 6. The van der Waals surface area contributed by atoms with Crippen molar-refractivity contribution in [2.45, 2.75) is 0 Å². The summed E-state index contributed by atoms with van der Waals surface area (Å²) in [6.07, 6.45) is 1.90. The van der Waals surface area contributed by atoms with E-state index in [2.05, 4.69) is 200 Å². The van der Waals surface area contributed by atoms with Crippen LogP contribution in [-0.4, -0.2) is 9.97 Å². The zero-order valence-corrected chi connectivity index (χ0v) is 29.5. The molecule has 10 rings (SSSR count). The highest BCUT2D eigenvalue weighted by molar-refractivity contribution is 6.14. The van der Waals surface area contributed by atoms with Crippen molar-refractivity contribution < 1.29 is 0 Å². The molecule has 0 N–H and O–H groups in total. The lowest BCUT2D eigenvalue weighted by molar-refractivity contribution is 1.32. The Balaban J connectivity index is 1.20. The second-order valence-corrected chi connectivity index (χ2v) is 13.8. The van der Waals surface area contributed by atoms with Gasteiger partial charge in [0.15, 0.2) is 0 Å². The van der Waals surface area contributed by atoms with Crippen LogP contribution in [-0.2, 0) is 0 Å². The molecule has 0 amide bonds. The van der Waals surface area contributed by atoms with Crippen molar-refractivity contribution in [3.63, 3.8) is 0 Å². The third-order valence-electron chi connectivity index (χ3n) is 10.5. The van der Waals surface area contributed by atoms with Gasteiger partial charge in [0, 0.05) is 28.3 Å². The normalized spacial score (nSPS) is 11.3. The molecule has 0 aliphatic heterocycles. The average Bonchev–Trinajstić information content (AvgIpc) is 3.26. The van der Waals surface area contributed by atoms with Crippen LogP contribution in [0.1, 0.15) is 0 Å². The number of hydrogen-bond donors (Lipinski definition) is 0. The van der Waals surface area contributed by atoms with Crippen molar-refractivity contribution in [3.8, 4) is 67.2 Å². The van der Waals surface area contributed by atoms with Gasteiger partial charge in [-0.15, -0.1) is 0 Å². The highest BCUT2D eigenvalue weighted by Crippen LogP contribution is 2.40. The van der Waals surface area contributed by atoms with Gasteiger partial charge < -0.3 is 0 Å². The smallest absolute Gasteiger partial charge is 0.0780 e. The number of pyridine rings is 2. The van der Waals surface area contributed by atoms with Crippen LogP contribution in [0.15, 0.2) is 206 Å². The molecule has 54 heavy (non-hydrogen) atoms. The largest absolute Gasteiger partial charge is 0.256 e. The number of aromatic nitrogens is 2. The summed E-state index contributed by atoms with van der Waals surface area (Å²) >= 11 is 0. The Morgan fingerprint density at radius 2 is 0.796 bits per heavy atom.